The molecule has 0 unspecified atom stereocenters. The molecule has 0 atom stereocenters. The zero-order chi connectivity index (χ0) is 10.8. The van der Waals surface area contributed by atoms with Crippen molar-refractivity contribution in [2.45, 2.75) is 6.42 Å². The molecule has 1 fully saturated rings. The average molecular weight is 244 g/mol. The van der Waals surface area contributed by atoms with Gasteiger partial charge in [0.15, 0.2) is 6.54 Å². The first-order chi connectivity index (χ1) is 7.15. The van der Waals surface area contributed by atoms with Crippen molar-refractivity contribution in [1.82, 2.24) is 5.43 Å². The van der Waals surface area contributed by atoms with Gasteiger partial charge in [-0.15, -0.1) is 10.1 Å². The van der Waals surface area contributed by atoms with Gasteiger partial charge in [0.2, 0.25) is 6.21 Å². The van der Waals surface area contributed by atoms with Gasteiger partial charge in [0.05, 0.1) is 16.5 Å². The minimum atomic E-state index is 0.0336. The molecule has 1 amide bonds. The van der Waals surface area contributed by atoms with E-state index >= 15 is 0 Å². The van der Waals surface area contributed by atoms with Crippen molar-refractivity contribution in [2.75, 3.05) is 6.54 Å². The van der Waals surface area contributed by atoms with E-state index in [0.29, 0.717) is 23.0 Å². The second-order valence-corrected chi connectivity index (χ2v) is 4.10. The maximum atomic E-state index is 10.9. The van der Waals surface area contributed by atoms with Crippen LogP contribution in [0.2, 0.25) is 10.0 Å². The summed E-state index contributed by atoms with van der Waals surface area (Å²) in [5.41, 5.74) is 3.61. The fourth-order valence-electron chi connectivity index (χ4n) is 1.36. The van der Waals surface area contributed by atoms with E-state index in [4.69, 9.17) is 23.2 Å². The number of amides is 1. The van der Waals surface area contributed by atoms with Crippen molar-refractivity contribution in [2.24, 2.45) is 0 Å². The maximum absolute atomic E-state index is 10.9. The fourth-order valence-corrected chi connectivity index (χ4v) is 1.67. The molecule has 78 valence electrons. The van der Waals surface area contributed by atoms with E-state index in [1.54, 1.807) is 16.8 Å². The largest absolute Gasteiger partial charge is 0.280 e. The summed E-state index contributed by atoms with van der Waals surface area (Å²) >= 11 is 11.7. The summed E-state index contributed by atoms with van der Waals surface area (Å²) in [5.74, 6) is 0.0336. The first-order valence-corrected chi connectivity index (χ1v) is 5.27. The molecule has 1 heterocycles. The van der Waals surface area contributed by atoms with Crippen LogP contribution >= 0.6 is 23.2 Å². The van der Waals surface area contributed by atoms with E-state index in [1.807, 2.05) is 12.3 Å². The zero-order valence-electron chi connectivity index (χ0n) is 7.84. The third-order valence-electron chi connectivity index (χ3n) is 2.10. The summed E-state index contributed by atoms with van der Waals surface area (Å²) in [5, 5.41) is 1.04. The molecule has 0 bridgehead atoms. The highest BCUT2D eigenvalue weighted by atomic mass is 35.5. The summed E-state index contributed by atoms with van der Waals surface area (Å²) in [7, 11) is 0. The van der Waals surface area contributed by atoms with E-state index in [0.717, 1.165) is 5.56 Å². The Morgan fingerprint density at radius 1 is 1.33 bits per heavy atom. The van der Waals surface area contributed by atoms with Gasteiger partial charge in [0.25, 0.3) is 5.91 Å². The van der Waals surface area contributed by atoms with Crippen LogP contribution in [0.5, 0.6) is 0 Å². The van der Waals surface area contributed by atoms with Crippen molar-refractivity contribution in [3.8, 4) is 0 Å². The number of nitrogens with zero attached hydrogens (tertiary/aromatic N) is 1. The van der Waals surface area contributed by atoms with Crippen molar-refractivity contribution >= 4 is 35.3 Å². The zero-order valence-corrected chi connectivity index (χ0v) is 9.35. The number of rotatable bonds is 1. The number of hydrogen-bond acceptors (Lipinski definition) is 1. The predicted molar refractivity (Wildman–Crippen MR) is 59.5 cm³/mol. The quantitative estimate of drug-likeness (QED) is 0.751. The minimum absolute atomic E-state index is 0.0336. The van der Waals surface area contributed by atoms with Gasteiger partial charge in [0.1, 0.15) is 0 Å². The van der Waals surface area contributed by atoms with Crippen LogP contribution < -0.4 is 5.43 Å². The third kappa shape index (κ3) is 2.49. The van der Waals surface area contributed by atoms with Gasteiger partial charge in [-0.25, -0.2) is 0 Å². The maximum Gasteiger partial charge on any atom is 0.280 e. The van der Waals surface area contributed by atoms with Crippen molar-refractivity contribution < 1.29 is 9.48 Å². The van der Waals surface area contributed by atoms with Gasteiger partial charge < -0.3 is 0 Å². The SMILES string of the molecule is O=C1CC[N+](=Cc2ccc(Cl)c(Cl)c2)N1. The lowest BCUT2D eigenvalue weighted by molar-refractivity contribution is -0.553. The number of hydrazine groups is 1. The third-order valence-corrected chi connectivity index (χ3v) is 2.84. The average Bonchev–Trinajstić information content (AvgIpc) is 2.58. The molecule has 1 aliphatic rings. The second-order valence-electron chi connectivity index (χ2n) is 3.28. The van der Waals surface area contributed by atoms with E-state index in [-0.39, 0.29) is 5.91 Å². The molecule has 1 aromatic rings. The Kier molecular flexibility index (Phi) is 2.93. The molecule has 15 heavy (non-hydrogen) atoms. The number of benzene rings is 1. The minimum Gasteiger partial charge on any atom is -0.269 e. The molecule has 1 aromatic carbocycles. The summed E-state index contributed by atoms with van der Waals surface area (Å²) in [6.45, 7) is 0.680. The molecule has 1 aliphatic heterocycles. The Hall–Kier alpha value is -1.06. The van der Waals surface area contributed by atoms with Gasteiger partial charge in [-0.3, -0.25) is 4.79 Å². The fraction of sp³-hybridized carbons (Fsp3) is 0.200. The Labute approximate surface area is 97.3 Å². The lowest BCUT2D eigenvalue weighted by Crippen LogP contribution is -2.25. The number of carbonyl (C=O) groups excluding carboxylic acids is 1. The van der Waals surface area contributed by atoms with E-state index in [1.165, 1.54) is 0 Å². The smallest absolute Gasteiger partial charge is 0.269 e. The predicted octanol–water partition coefficient (Wildman–Crippen LogP) is 1.86. The standard InChI is InChI=1S/C10H8Cl2N2O/c11-8-2-1-7(5-9(8)12)6-14-4-3-10(15)13-14/h1-2,5-6H,3-4H2/p+1. The van der Waals surface area contributed by atoms with Crippen LogP contribution in [0.4, 0.5) is 0 Å². The Balaban J connectivity index is 2.24. The summed E-state index contributed by atoms with van der Waals surface area (Å²) in [6.07, 6.45) is 2.35. The van der Waals surface area contributed by atoms with Crippen LogP contribution in [-0.2, 0) is 4.79 Å². The van der Waals surface area contributed by atoms with Crippen LogP contribution in [-0.4, -0.2) is 23.4 Å². The Bertz CT molecular complexity index is 443. The van der Waals surface area contributed by atoms with Crippen LogP contribution in [0.15, 0.2) is 18.2 Å². The van der Waals surface area contributed by atoms with Crippen LogP contribution in [0.1, 0.15) is 12.0 Å². The lowest BCUT2D eigenvalue weighted by atomic mass is 10.2. The van der Waals surface area contributed by atoms with Gasteiger partial charge >= 0.3 is 0 Å². The highest BCUT2D eigenvalue weighted by Gasteiger charge is 2.20. The highest BCUT2D eigenvalue weighted by molar-refractivity contribution is 6.42. The topological polar surface area (TPSA) is 32.1 Å². The first kappa shape index (κ1) is 10.5. The monoisotopic (exact) mass is 243 g/mol. The highest BCUT2D eigenvalue weighted by Crippen LogP contribution is 2.21. The number of hydrazone groups is 1. The summed E-state index contributed by atoms with van der Waals surface area (Å²) in [6, 6.07) is 5.33. The lowest BCUT2D eigenvalue weighted by Gasteiger charge is -1.96. The van der Waals surface area contributed by atoms with Gasteiger partial charge in [-0.05, 0) is 18.2 Å². The Morgan fingerprint density at radius 2 is 2.13 bits per heavy atom. The summed E-state index contributed by atoms with van der Waals surface area (Å²) in [4.78, 5) is 10.9. The molecule has 3 nitrogen and oxygen atoms in total. The molecule has 0 radical (unpaired) electrons. The molecule has 0 saturated carbocycles. The van der Waals surface area contributed by atoms with Gasteiger partial charge in [0, 0.05) is 5.56 Å². The van der Waals surface area contributed by atoms with Crippen molar-refractivity contribution in [3.63, 3.8) is 0 Å². The van der Waals surface area contributed by atoms with Gasteiger partial charge in [-0.1, -0.05) is 23.2 Å². The normalized spacial score (nSPS) is 18.3. The second kappa shape index (κ2) is 4.21. The van der Waals surface area contributed by atoms with Crippen LogP contribution in [0, 0.1) is 0 Å². The first-order valence-electron chi connectivity index (χ1n) is 4.51. The van der Waals surface area contributed by atoms with E-state index < -0.39 is 0 Å². The number of carbonyl (C=O) groups is 1. The number of hydrogen-bond donors (Lipinski definition) is 1. The molecule has 5 heteroatoms. The van der Waals surface area contributed by atoms with E-state index in [2.05, 4.69) is 5.43 Å². The molecule has 0 aliphatic carbocycles. The molecule has 0 spiro atoms. The van der Waals surface area contributed by atoms with Crippen LogP contribution in [0.3, 0.4) is 0 Å². The molecule has 1 saturated heterocycles. The molecule has 1 N–H and O–H groups in total. The Morgan fingerprint density at radius 3 is 2.73 bits per heavy atom. The van der Waals surface area contributed by atoms with E-state index in [9.17, 15) is 4.79 Å². The number of halogens is 2. The van der Waals surface area contributed by atoms with Gasteiger partial charge in [-0.2, -0.15) is 0 Å². The molecular weight excluding hydrogens is 235 g/mol. The molecular formula is C10H9Cl2N2O+. The molecule has 0 aromatic heterocycles. The number of nitrogens with one attached hydrogen (secondary N) is 1. The summed E-state index contributed by atoms with van der Waals surface area (Å²) < 4.78 is 1.74. The molecule has 2 rings (SSSR count). The van der Waals surface area contributed by atoms with Crippen molar-refractivity contribution in [1.29, 1.82) is 0 Å². The van der Waals surface area contributed by atoms with Crippen LogP contribution in [0.25, 0.3) is 0 Å². The van der Waals surface area contributed by atoms with Crippen molar-refractivity contribution in [3.05, 3.63) is 33.8 Å².